The molecule has 0 atom stereocenters. The maximum Gasteiger partial charge on any atom is 0.150 e. The van der Waals surface area contributed by atoms with Gasteiger partial charge in [0.1, 0.15) is 23.0 Å². The Hall–Kier alpha value is -4.70. The summed E-state index contributed by atoms with van der Waals surface area (Å²) in [4.78, 5) is 0. The first kappa shape index (κ1) is 23.1. The third kappa shape index (κ3) is 5.86. The Labute approximate surface area is 211 Å². The van der Waals surface area contributed by atoms with Crippen LogP contribution in [0.3, 0.4) is 0 Å². The van der Waals surface area contributed by atoms with Crippen molar-refractivity contribution in [1.82, 2.24) is 0 Å². The van der Waals surface area contributed by atoms with Crippen molar-refractivity contribution in [2.45, 2.75) is 12.8 Å². The summed E-state index contributed by atoms with van der Waals surface area (Å²) >= 11 is 0. The molecule has 5 aromatic carbocycles. The lowest BCUT2D eigenvalue weighted by Crippen LogP contribution is -1.96. The largest absolute Gasteiger partial charge is 0.455 e. The van der Waals surface area contributed by atoms with Crippen LogP contribution in [-0.4, -0.2) is 0 Å². The summed E-state index contributed by atoms with van der Waals surface area (Å²) in [6, 6.07) is 39.9. The molecule has 0 aliphatic heterocycles. The van der Waals surface area contributed by atoms with Crippen LogP contribution in [0, 0.1) is 0 Å². The van der Waals surface area contributed by atoms with Gasteiger partial charge in [0.25, 0.3) is 0 Å². The van der Waals surface area contributed by atoms with Crippen molar-refractivity contribution in [3.8, 4) is 23.0 Å². The minimum absolute atomic E-state index is 0.630. The predicted octanol–water partition coefficient (Wildman–Crippen LogP) is 7.62. The number of rotatable bonds is 8. The van der Waals surface area contributed by atoms with Crippen molar-refractivity contribution in [3.63, 3.8) is 0 Å². The molecule has 0 aliphatic rings. The third-order valence-electron chi connectivity index (χ3n) is 5.93. The lowest BCUT2D eigenvalue weighted by atomic mass is 9.99. The fourth-order valence-electron chi connectivity index (χ4n) is 4.08. The molecule has 0 fully saturated rings. The minimum atomic E-state index is 0.630. The Kier molecular flexibility index (Phi) is 6.86. The van der Waals surface area contributed by atoms with Gasteiger partial charge >= 0.3 is 0 Å². The number of benzene rings is 5. The molecule has 5 aromatic rings. The third-order valence-corrected chi connectivity index (χ3v) is 5.93. The molecule has 0 amide bonds. The van der Waals surface area contributed by atoms with Crippen molar-refractivity contribution in [3.05, 3.63) is 144 Å². The SMILES string of the molecule is Nc1cc(Cc2ccc(Cc3ccc(Oc4ccccc4)c(N)c3)cc2)ccc1Oc1ccccc1. The van der Waals surface area contributed by atoms with E-state index in [1.54, 1.807) is 0 Å². The molecule has 178 valence electrons. The van der Waals surface area contributed by atoms with Crippen molar-refractivity contribution < 1.29 is 9.47 Å². The average Bonchev–Trinajstić information content (AvgIpc) is 2.90. The van der Waals surface area contributed by atoms with Crippen LogP contribution in [0.2, 0.25) is 0 Å². The van der Waals surface area contributed by atoms with Gasteiger partial charge in [0.15, 0.2) is 0 Å². The highest BCUT2D eigenvalue weighted by Crippen LogP contribution is 2.30. The van der Waals surface area contributed by atoms with Crippen LogP contribution < -0.4 is 20.9 Å². The topological polar surface area (TPSA) is 70.5 Å². The van der Waals surface area contributed by atoms with E-state index in [-0.39, 0.29) is 0 Å². The van der Waals surface area contributed by atoms with Crippen LogP contribution in [0.15, 0.2) is 121 Å². The highest BCUT2D eigenvalue weighted by molar-refractivity contribution is 5.57. The number of ether oxygens (including phenoxy) is 2. The summed E-state index contributed by atoms with van der Waals surface area (Å²) in [5, 5.41) is 0. The molecule has 0 heterocycles. The van der Waals surface area contributed by atoms with E-state index >= 15 is 0 Å². The van der Waals surface area contributed by atoms with E-state index in [0.717, 1.165) is 35.5 Å². The van der Waals surface area contributed by atoms with Crippen molar-refractivity contribution >= 4 is 11.4 Å². The quantitative estimate of drug-likeness (QED) is 0.228. The summed E-state index contributed by atoms with van der Waals surface area (Å²) in [5.41, 5.74) is 18.5. The first-order chi connectivity index (χ1) is 17.6. The lowest BCUT2D eigenvalue weighted by Gasteiger charge is -2.11. The van der Waals surface area contributed by atoms with E-state index in [1.807, 2.05) is 84.9 Å². The van der Waals surface area contributed by atoms with Crippen molar-refractivity contribution in [2.75, 3.05) is 11.5 Å². The van der Waals surface area contributed by atoms with Crippen LogP contribution in [0.1, 0.15) is 22.3 Å². The Morgan fingerprint density at radius 2 is 0.778 bits per heavy atom. The van der Waals surface area contributed by atoms with Crippen LogP contribution in [0.5, 0.6) is 23.0 Å². The highest BCUT2D eigenvalue weighted by Gasteiger charge is 2.07. The van der Waals surface area contributed by atoms with Gasteiger partial charge in [-0.1, -0.05) is 72.8 Å². The molecular weight excluding hydrogens is 444 g/mol. The summed E-state index contributed by atoms with van der Waals surface area (Å²) in [7, 11) is 0. The first-order valence-electron chi connectivity index (χ1n) is 11.9. The number of hydrogen-bond donors (Lipinski definition) is 2. The second kappa shape index (κ2) is 10.7. The fourth-order valence-corrected chi connectivity index (χ4v) is 4.08. The molecule has 4 nitrogen and oxygen atoms in total. The molecule has 0 unspecified atom stereocenters. The lowest BCUT2D eigenvalue weighted by molar-refractivity contribution is 0.484. The van der Waals surface area contributed by atoms with Crippen LogP contribution in [-0.2, 0) is 12.8 Å². The van der Waals surface area contributed by atoms with E-state index < -0.39 is 0 Å². The van der Waals surface area contributed by atoms with Gasteiger partial charge in [0.05, 0.1) is 11.4 Å². The van der Waals surface area contributed by atoms with Gasteiger partial charge in [0, 0.05) is 0 Å². The van der Waals surface area contributed by atoms with Gasteiger partial charge in [-0.2, -0.15) is 0 Å². The predicted molar refractivity (Wildman–Crippen MR) is 147 cm³/mol. The molecule has 0 aromatic heterocycles. The molecular formula is C32H28N2O2. The summed E-state index contributed by atoms with van der Waals surface area (Å²) in [6.45, 7) is 0. The van der Waals surface area contributed by atoms with Crippen molar-refractivity contribution in [1.29, 1.82) is 0 Å². The smallest absolute Gasteiger partial charge is 0.150 e. The zero-order valence-electron chi connectivity index (χ0n) is 19.9. The first-order valence-corrected chi connectivity index (χ1v) is 11.9. The maximum absolute atomic E-state index is 6.25. The van der Waals surface area contributed by atoms with Gasteiger partial charge in [-0.15, -0.1) is 0 Å². The van der Waals surface area contributed by atoms with Crippen LogP contribution in [0.4, 0.5) is 11.4 Å². The second-order valence-electron chi connectivity index (χ2n) is 8.74. The molecule has 0 saturated carbocycles. The Morgan fingerprint density at radius 3 is 1.14 bits per heavy atom. The maximum atomic E-state index is 6.25. The monoisotopic (exact) mass is 472 g/mol. The van der Waals surface area contributed by atoms with E-state index in [0.29, 0.717) is 22.9 Å². The fraction of sp³-hybridized carbons (Fsp3) is 0.0625. The molecule has 5 rings (SSSR count). The van der Waals surface area contributed by atoms with Gasteiger partial charge in [-0.3, -0.25) is 0 Å². The normalized spacial score (nSPS) is 10.7. The van der Waals surface area contributed by atoms with Crippen LogP contribution >= 0.6 is 0 Å². The number of para-hydroxylation sites is 2. The van der Waals surface area contributed by atoms with Gasteiger partial charge in [-0.05, 0) is 83.6 Å². The van der Waals surface area contributed by atoms with Gasteiger partial charge in [-0.25, -0.2) is 0 Å². The van der Waals surface area contributed by atoms with Crippen LogP contribution in [0.25, 0.3) is 0 Å². The molecule has 0 saturated heterocycles. The van der Waals surface area contributed by atoms with E-state index in [1.165, 1.54) is 11.1 Å². The second-order valence-corrected chi connectivity index (χ2v) is 8.74. The standard InChI is InChI=1S/C32H28N2O2/c33-29-21-25(15-17-31(29)35-27-7-3-1-4-8-27)19-23-11-13-24(14-12-23)20-26-16-18-32(30(34)22-26)36-28-9-5-2-6-10-28/h1-18,21-22H,19-20,33-34H2. The molecule has 4 N–H and O–H groups in total. The molecule has 0 aliphatic carbocycles. The molecule has 36 heavy (non-hydrogen) atoms. The van der Waals surface area contributed by atoms with E-state index in [9.17, 15) is 0 Å². The zero-order valence-corrected chi connectivity index (χ0v) is 19.9. The molecule has 4 heteroatoms. The number of hydrogen-bond acceptors (Lipinski definition) is 4. The van der Waals surface area contributed by atoms with E-state index in [2.05, 4.69) is 36.4 Å². The molecule has 0 bridgehead atoms. The molecule has 0 spiro atoms. The van der Waals surface area contributed by atoms with Gasteiger partial charge in [0.2, 0.25) is 0 Å². The summed E-state index contributed by atoms with van der Waals surface area (Å²) < 4.78 is 11.8. The van der Waals surface area contributed by atoms with E-state index in [4.69, 9.17) is 20.9 Å². The number of anilines is 2. The number of nitrogens with two attached hydrogens (primary N) is 2. The van der Waals surface area contributed by atoms with Crippen molar-refractivity contribution in [2.24, 2.45) is 0 Å². The Balaban J connectivity index is 1.20. The summed E-state index contributed by atoms with van der Waals surface area (Å²) in [5.74, 6) is 2.87. The average molecular weight is 473 g/mol. The zero-order chi connectivity index (χ0) is 24.7. The Morgan fingerprint density at radius 1 is 0.417 bits per heavy atom. The van der Waals surface area contributed by atoms with Gasteiger partial charge < -0.3 is 20.9 Å². The number of nitrogen functional groups attached to an aromatic ring is 2. The summed E-state index contributed by atoms with van der Waals surface area (Å²) in [6.07, 6.45) is 1.60. The highest BCUT2D eigenvalue weighted by atomic mass is 16.5. The minimum Gasteiger partial charge on any atom is -0.455 e. The Bertz CT molecular complexity index is 1320. The molecule has 0 radical (unpaired) electrons.